The van der Waals surface area contributed by atoms with Crippen LogP contribution >= 0.6 is 0 Å². The standard InChI is InChI=1S/C14H17N3O6/c1-2-22-11(20)8-9(18)10(19)17-12(15-8)14-5-7(23-6-14)3-4-16(14)13(17)21/h7-9,18H,2-6H2,1H3. The average Bonchev–Trinajstić information content (AvgIpc) is 2.99. The number of aliphatic hydroxyl groups is 1. The molecule has 3 fully saturated rings. The van der Waals surface area contributed by atoms with Gasteiger partial charge >= 0.3 is 12.0 Å². The molecule has 23 heavy (non-hydrogen) atoms. The van der Waals surface area contributed by atoms with E-state index in [0.29, 0.717) is 19.4 Å². The number of nitrogens with zero attached hydrogens (tertiary/aromatic N) is 3. The van der Waals surface area contributed by atoms with Crippen LogP contribution in [0.4, 0.5) is 4.79 Å². The van der Waals surface area contributed by atoms with Crippen molar-refractivity contribution in [1.82, 2.24) is 9.80 Å². The fourth-order valence-corrected chi connectivity index (χ4v) is 3.84. The van der Waals surface area contributed by atoms with Crippen molar-refractivity contribution in [2.75, 3.05) is 19.8 Å². The smallest absolute Gasteiger partial charge is 0.334 e. The van der Waals surface area contributed by atoms with E-state index in [1.165, 1.54) is 0 Å². The summed E-state index contributed by atoms with van der Waals surface area (Å²) in [6.45, 7) is 2.46. The Bertz CT molecular complexity index is 634. The number of amidine groups is 1. The summed E-state index contributed by atoms with van der Waals surface area (Å²) in [6.07, 6.45) is -0.443. The van der Waals surface area contributed by atoms with Crippen LogP contribution in [0.5, 0.6) is 0 Å². The summed E-state index contributed by atoms with van der Waals surface area (Å²) in [4.78, 5) is 43.8. The summed E-state index contributed by atoms with van der Waals surface area (Å²) >= 11 is 0. The summed E-state index contributed by atoms with van der Waals surface area (Å²) in [5.74, 6) is -1.39. The molecule has 3 amide bonds. The number of carbonyl (C=O) groups excluding carboxylic acids is 3. The number of imide groups is 1. The van der Waals surface area contributed by atoms with Gasteiger partial charge in [-0.05, 0) is 13.3 Å². The Kier molecular flexibility index (Phi) is 3.01. The summed E-state index contributed by atoms with van der Waals surface area (Å²) in [5, 5.41) is 10.1. The van der Waals surface area contributed by atoms with Gasteiger partial charge in [0.1, 0.15) is 11.4 Å². The highest BCUT2D eigenvalue weighted by Crippen LogP contribution is 2.44. The molecule has 4 heterocycles. The highest BCUT2D eigenvalue weighted by Gasteiger charge is 2.65. The number of hydrogen-bond acceptors (Lipinski definition) is 7. The Balaban J connectivity index is 1.80. The van der Waals surface area contributed by atoms with Crippen LogP contribution in [0.15, 0.2) is 4.99 Å². The topological polar surface area (TPSA) is 109 Å². The molecular formula is C14H17N3O6. The second-order valence-corrected chi connectivity index (χ2v) is 6.16. The molecule has 9 nitrogen and oxygen atoms in total. The number of fused-ring (bicyclic) bond motifs is 2. The van der Waals surface area contributed by atoms with Gasteiger partial charge in [0.25, 0.3) is 5.91 Å². The molecule has 2 bridgehead atoms. The summed E-state index contributed by atoms with van der Waals surface area (Å²) < 4.78 is 10.6. The monoisotopic (exact) mass is 323 g/mol. The Morgan fingerprint density at radius 2 is 2.30 bits per heavy atom. The third kappa shape index (κ3) is 1.74. The zero-order valence-corrected chi connectivity index (χ0v) is 12.6. The van der Waals surface area contributed by atoms with Crippen LogP contribution in [0.2, 0.25) is 0 Å². The first-order valence-corrected chi connectivity index (χ1v) is 7.70. The number of rotatable bonds is 2. The number of esters is 1. The highest BCUT2D eigenvalue weighted by molar-refractivity contribution is 6.23. The minimum Gasteiger partial charge on any atom is -0.464 e. The van der Waals surface area contributed by atoms with Gasteiger partial charge in [0.2, 0.25) is 0 Å². The lowest BCUT2D eigenvalue weighted by molar-refractivity contribution is -0.153. The number of aliphatic imine (C=N–C) groups is 1. The largest absolute Gasteiger partial charge is 0.464 e. The van der Waals surface area contributed by atoms with E-state index in [-0.39, 0.29) is 25.2 Å². The van der Waals surface area contributed by atoms with Crippen molar-refractivity contribution in [2.45, 2.75) is 43.6 Å². The lowest BCUT2D eigenvalue weighted by Crippen LogP contribution is -2.58. The van der Waals surface area contributed by atoms with Crippen molar-refractivity contribution in [3.8, 4) is 0 Å². The number of hydrogen-bond donors (Lipinski definition) is 1. The van der Waals surface area contributed by atoms with Crippen LogP contribution in [0, 0.1) is 0 Å². The van der Waals surface area contributed by atoms with Crippen molar-refractivity contribution < 1.29 is 29.0 Å². The first-order valence-electron chi connectivity index (χ1n) is 7.70. The van der Waals surface area contributed by atoms with Gasteiger partial charge in [-0.2, -0.15) is 0 Å². The molecule has 0 radical (unpaired) electrons. The van der Waals surface area contributed by atoms with E-state index in [0.717, 1.165) is 4.90 Å². The van der Waals surface area contributed by atoms with Crippen LogP contribution < -0.4 is 0 Å². The summed E-state index contributed by atoms with van der Waals surface area (Å²) in [5.41, 5.74) is -0.805. The van der Waals surface area contributed by atoms with E-state index >= 15 is 0 Å². The molecular weight excluding hydrogens is 306 g/mol. The minimum absolute atomic E-state index is 0.0182. The van der Waals surface area contributed by atoms with Crippen LogP contribution in [0.3, 0.4) is 0 Å². The van der Waals surface area contributed by atoms with E-state index in [9.17, 15) is 19.5 Å². The van der Waals surface area contributed by atoms with E-state index in [2.05, 4.69) is 4.99 Å². The quantitative estimate of drug-likeness (QED) is 0.645. The molecule has 4 unspecified atom stereocenters. The first kappa shape index (κ1) is 14.6. The fourth-order valence-electron chi connectivity index (χ4n) is 3.84. The fraction of sp³-hybridized carbons (Fsp3) is 0.714. The van der Waals surface area contributed by atoms with Crippen LogP contribution in [-0.4, -0.2) is 82.2 Å². The number of ether oxygens (including phenoxy) is 2. The maximum absolute atomic E-state index is 12.6. The van der Waals surface area contributed by atoms with Gasteiger partial charge in [-0.1, -0.05) is 0 Å². The molecule has 9 heteroatoms. The molecule has 0 aromatic carbocycles. The minimum atomic E-state index is -1.71. The molecule has 1 N–H and O–H groups in total. The van der Waals surface area contributed by atoms with Crippen molar-refractivity contribution in [2.24, 2.45) is 4.99 Å². The Labute approximate surface area is 131 Å². The first-order chi connectivity index (χ1) is 11.0. The third-order valence-electron chi connectivity index (χ3n) is 4.93. The van der Waals surface area contributed by atoms with Gasteiger partial charge in [-0.3, -0.25) is 9.79 Å². The molecule has 1 spiro atoms. The number of piperidine rings is 1. The summed E-state index contributed by atoms with van der Waals surface area (Å²) in [7, 11) is 0. The molecule has 0 saturated carbocycles. The number of aliphatic hydroxyl groups excluding tert-OH is 1. The lowest BCUT2D eigenvalue weighted by atomic mass is 9.88. The van der Waals surface area contributed by atoms with Gasteiger partial charge in [-0.25, -0.2) is 14.5 Å². The van der Waals surface area contributed by atoms with E-state index in [1.807, 2.05) is 0 Å². The van der Waals surface area contributed by atoms with E-state index < -0.39 is 35.6 Å². The van der Waals surface area contributed by atoms with Gasteiger partial charge in [0.15, 0.2) is 12.1 Å². The van der Waals surface area contributed by atoms with Crippen molar-refractivity contribution in [3.05, 3.63) is 0 Å². The number of carbonyl (C=O) groups is 3. The molecule has 4 aliphatic rings. The number of urea groups is 1. The Hall–Kier alpha value is -2.00. The average molecular weight is 323 g/mol. The lowest BCUT2D eigenvalue weighted by Gasteiger charge is -2.36. The van der Waals surface area contributed by atoms with Crippen LogP contribution in [0.25, 0.3) is 0 Å². The van der Waals surface area contributed by atoms with Crippen molar-refractivity contribution in [3.63, 3.8) is 0 Å². The predicted octanol–water partition coefficient (Wildman–Crippen LogP) is -1.11. The van der Waals surface area contributed by atoms with E-state index in [1.54, 1.807) is 11.8 Å². The molecule has 4 aliphatic heterocycles. The summed E-state index contributed by atoms with van der Waals surface area (Å²) in [6, 6.07) is -1.84. The molecule has 0 aromatic rings. The van der Waals surface area contributed by atoms with Crippen LogP contribution in [0.1, 0.15) is 19.8 Å². The molecule has 3 saturated heterocycles. The maximum atomic E-state index is 12.6. The van der Waals surface area contributed by atoms with Gasteiger partial charge in [0, 0.05) is 13.0 Å². The Morgan fingerprint density at radius 1 is 1.52 bits per heavy atom. The van der Waals surface area contributed by atoms with Crippen LogP contribution in [-0.2, 0) is 19.1 Å². The predicted molar refractivity (Wildman–Crippen MR) is 74.5 cm³/mol. The Morgan fingerprint density at radius 3 is 3.04 bits per heavy atom. The second kappa shape index (κ2) is 4.75. The molecule has 4 rings (SSSR count). The number of amides is 3. The van der Waals surface area contributed by atoms with Gasteiger partial charge < -0.3 is 19.5 Å². The van der Waals surface area contributed by atoms with E-state index in [4.69, 9.17) is 9.47 Å². The second-order valence-electron chi connectivity index (χ2n) is 6.16. The molecule has 0 aromatic heterocycles. The normalized spacial score (nSPS) is 38.3. The zero-order chi connectivity index (χ0) is 16.4. The zero-order valence-electron chi connectivity index (χ0n) is 12.6. The third-order valence-corrected chi connectivity index (χ3v) is 4.93. The maximum Gasteiger partial charge on any atom is 0.334 e. The molecule has 4 atom stereocenters. The van der Waals surface area contributed by atoms with Crippen molar-refractivity contribution in [1.29, 1.82) is 0 Å². The molecule has 124 valence electrons. The van der Waals surface area contributed by atoms with Crippen molar-refractivity contribution >= 4 is 23.7 Å². The highest BCUT2D eigenvalue weighted by atomic mass is 16.5. The molecule has 0 aliphatic carbocycles. The van der Waals surface area contributed by atoms with Gasteiger partial charge in [-0.15, -0.1) is 0 Å². The SMILES string of the molecule is CCOC(=O)C1N=C2N(C(=O)C1O)C(=O)N1CCC3CC21CO3. The van der Waals surface area contributed by atoms with Gasteiger partial charge in [0.05, 0.1) is 19.3 Å².